The summed E-state index contributed by atoms with van der Waals surface area (Å²) in [6.45, 7) is 3.84. The van der Waals surface area contributed by atoms with E-state index in [1.165, 1.54) is 30.6 Å². The molecule has 0 bridgehead atoms. The number of hydrogen-bond donors (Lipinski definition) is 2. The number of guanidine groups is 1. The van der Waals surface area contributed by atoms with Gasteiger partial charge in [-0.15, -0.1) is 11.8 Å². The zero-order valence-electron chi connectivity index (χ0n) is 16.8. The van der Waals surface area contributed by atoms with E-state index in [1.807, 2.05) is 30.4 Å². The second kappa shape index (κ2) is 8.55. The van der Waals surface area contributed by atoms with E-state index < -0.39 is 0 Å². The van der Waals surface area contributed by atoms with E-state index in [4.69, 9.17) is 0 Å². The first-order valence-corrected chi connectivity index (χ1v) is 11.1. The van der Waals surface area contributed by atoms with Gasteiger partial charge in [0.25, 0.3) is 0 Å². The summed E-state index contributed by atoms with van der Waals surface area (Å²) in [5.41, 5.74) is 0. The van der Waals surface area contributed by atoms with Gasteiger partial charge in [-0.2, -0.15) is 5.10 Å². The Bertz CT molecular complexity index is 810. The maximum atomic E-state index is 4.63. The van der Waals surface area contributed by atoms with Crippen molar-refractivity contribution in [2.75, 3.05) is 13.6 Å². The molecule has 2 aromatic rings. The zero-order chi connectivity index (χ0) is 19.4. The van der Waals surface area contributed by atoms with E-state index >= 15 is 0 Å². The molecule has 7 heteroatoms. The first-order chi connectivity index (χ1) is 13.7. The quantitative estimate of drug-likeness (QED) is 0.594. The van der Waals surface area contributed by atoms with Crippen LogP contribution in [0.25, 0.3) is 0 Å². The molecule has 0 saturated heterocycles. The van der Waals surface area contributed by atoms with Gasteiger partial charge in [0.2, 0.25) is 0 Å². The van der Waals surface area contributed by atoms with Crippen molar-refractivity contribution in [3.05, 3.63) is 42.0 Å². The third kappa shape index (κ3) is 4.35. The molecule has 0 radical (unpaired) electrons. The molecule has 4 rings (SSSR count). The number of rotatable bonds is 5. The average molecular weight is 399 g/mol. The molecule has 0 spiro atoms. The van der Waals surface area contributed by atoms with Crippen molar-refractivity contribution < 1.29 is 0 Å². The standard InChI is InChI=1S/C21H30N6S/c1-16-24-19-18(11-8-14-27(19)26-16)25-20(22-2)23-15-21(12-6-7-13-21)28-17-9-4-3-5-10-17/h3-5,9-10,18H,6-8,11-15H2,1-2H3,(H2,22,23,25). The highest BCUT2D eigenvalue weighted by atomic mass is 32.2. The Balaban J connectivity index is 1.41. The van der Waals surface area contributed by atoms with Crippen LogP contribution >= 0.6 is 11.8 Å². The molecular weight excluding hydrogens is 368 g/mol. The number of benzene rings is 1. The van der Waals surface area contributed by atoms with Crippen molar-refractivity contribution in [2.45, 2.75) is 67.7 Å². The van der Waals surface area contributed by atoms with E-state index in [0.29, 0.717) is 0 Å². The van der Waals surface area contributed by atoms with Crippen molar-refractivity contribution in [1.82, 2.24) is 25.4 Å². The highest BCUT2D eigenvalue weighted by Gasteiger charge is 2.35. The van der Waals surface area contributed by atoms with E-state index in [-0.39, 0.29) is 10.8 Å². The van der Waals surface area contributed by atoms with Gasteiger partial charge in [0.05, 0.1) is 6.04 Å². The maximum Gasteiger partial charge on any atom is 0.191 e. The third-order valence-corrected chi connectivity index (χ3v) is 7.18. The summed E-state index contributed by atoms with van der Waals surface area (Å²) in [5.74, 6) is 2.73. The number of aromatic nitrogens is 3. The Hall–Kier alpha value is -2.02. The second-order valence-corrected chi connectivity index (χ2v) is 9.35. The van der Waals surface area contributed by atoms with E-state index in [9.17, 15) is 0 Å². The molecule has 6 nitrogen and oxygen atoms in total. The van der Waals surface area contributed by atoms with Crippen LogP contribution in [0.1, 0.15) is 56.2 Å². The van der Waals surface area contributed by atoms with Crippen LogP contribution in [0.15, 0.2) is 40.2 Å². The van der Waals surface area contributed by atoms with Crippen molar-refractivity contribution in [3.8, 4) is 0 Å². The van der Waals surface area contributed by atoms with Crippen molar-refractivity contribution in [2.24, 2.45) is 4.99 Å². The minimum atomic E-state index is 0.169. The van der Waals surface area contributed by atoms with Crippen LogP contribution < -0.4 is 10.6 Å². The number of hydrogen-bond acceptors (Lipinski definition) is 4. The van der Waals surface area contributed by atoms with Crippen molar-refractivity contribution in [3.63, 3.8) is 0 Å². The summed E-state index contributed by atoms with van der Waals surface area (Å²) in [7, 11) is 1.85. The van der Waals surface area contributed by atoms with E-state index in [1.54, 1.807) is 0 Å². The van der Waals surface area contributed by atoms with Gasteiger partial charge in [-0.25, -0.2) is 9.67 Å². The van der Waals surface area contributed by atoms with Crippen LogP contribution in [-0.2, 0) is 6.54 Å². The molecule has 0 amide bonds. The molecule has 1 aromatic carbocycles. The lowest BCUT2D eigenvalue weighted by Gasteiger charge is -2.31. The molecule has 1 fully saturated rings. The van der Waals surface area contributed by atoms with Crippen LogP contribution in [0.3, 0.4) is 0 Å². The van der Waals surface area contributed by atoms with Crippen LogP contribution in [0.5, 0.6) is 0 Å². The lowest BCUT2D eigenvalue weighted by atomic mass is 10.1. The topological polar surface area (TPSA) is 67.1 Å². The summed E-state index contributed by atoms with van der Waals surface area (Å²) in [6.07, 6.45) is 7.26. The monoisotopic (exact) mass is 398 g/mol. The fourth-order valence-corrected chi connectivity index (χ4v) is 5.71. The number of fused-ring (bicyclic) bond motifs is 1. The molecule has 1 atom stereocenters. The summed E-state index contributed by atoms with van der Waals surface area (Å²) < 4.78 is 2.27. The summed E-state index contributed by atoms with van der Waals surface area (Å²) in [6, 6.07) is 10.9. The van der Waals surface area contributed by atoms with Gasteiger partial charge >= 0.3 is 0 Å². The van der Waals surface area contributed by atoms with E-state index in [2.05, 4.69) is 56.0 Å². The highest BCUT2D eigenvalue weighted by Crippen LogP contribution is 2.44. The first kappa shape index (κ1) is 19.3. The molecule has 1 saturated carbocycles. The highest BCUT2D eigenvalue weighted by molar-refractivity contribution is 8.00. The minimum absolute atomic E-state index is 0.169. The summed E-state index contributed by atoms with van der Waals surface area (Å²) >= 11 is 2.02. The smallest absolute Gasteiger partial charge is 0.191 e. The number of thioether (sulfide) groups is 1. The number of nitrogens with zero attached hydrogens (tertiary/aromatic N) is 4. The first-order valence-electron chi connectivity index (χ1n) is 10.3. The molecule has 1 aliphatic carbocycles. The number of nitrogens with one attached hydrogen (secondary N) is 2. The Morgan fingerprint density at radius 2 is 2.04 bits per heavy atom. The Morgan fingerprint density at radius 3 is 2.79 bits per heavy atom. The fourth-order valence-electron chi connectivity index (χ4n) is 4.28. The molecule has 1 aromatic heterocycles. The summed E-state index contributed by atoms with van der Waals surface area (Å²) in [5, 5.41) is 11.7. The normalized spacial score (nSPS) is 21.4. The lowest BCUT2D eigenvalue weighted by molar-refractivity contribution is 0.397. The van der Waals surface area contributed by atoms with Gasteiger partial charge in [0, 0.05) is 29.8 Å². The molecular formula is C21H30N6S. The van der Waals surface area contributed by atoms with Gasteiger partial charge in [0.1, 0.15) is 11.6 Å². The third-order valence-electron chi connectivity index (χ3n) is 5.69. The van der Waals surface area contributed by atoms with Crippen molar-refractivity contribution in [1.29, 1.82) is 0 Å². The molecule has 2 N–H and O–H groups in total. The lowest BCUT2D eigenvalue weighted by Crippen LogP contribution is -2.46. The van der Waals surface area contributed by atoms with Gasteiger partial charge in [-0.3, -0.25) is 4.99 Å². The summed E-state index contributed by atoms with van der Waals surface area (Å²) in [4.78, 5) is 10.5. The van der Waals surface area contributed by atoms with E-state index in [0.717, 1.165) is 43.5 Å². The van der Waals surface area contributed by atoms with Crippen molar-refractivity contribution >= 4 is 17.7 Å². The van der Waals surface area contributed by atoms with Gasteiger partial charge in [-0.1, -0.05) is 31.0 Å². The van der Waals surface area contributed by atoms with Crippen LogP contribution in [0.2, 0.25) is 0 Å². The van der Waals surface area contributed by atoms with Crippen LogP contribution in [0.4, 0.5) is 0 Å². The molecule has 28 heavy (non-hydrogen) atoms. The van der Waals surface area contributed by atoms with Crippen LogP contribution in [-0.4, -0.2) is 39.1 Å². The predicted molar refractivity (Wildman–Crippen MR) is 115 cm³/mol. The number of aryl methyl sites for hydroxylation is 2. The number of aliphatic imine (C=N–C) groups is 1. The Labute approximate surface area is 171 Å². The zero-order valence-corrected chi connectivity index (χ0v) is 17.6. The van der Waals surface area contributed by atoms with Gasteiger partial charge < -0.3 is 10.6 Å². The predicted octanol–water partition coefficient (Wildman–Crippen LogP) is 3.69. The average Bonchev–Trinajstić information content (AvgIpc) is 3.32. The maximum absolute atomic E-state index is 4.63. The molecule has 2 aliphatic rings. The van der Waals surface area contributed by atoms with Gasteiger partial charge in [0.15, 0.2) is 5.96 Å². The Kier molecular flexibility index (Phi) is 5.90. The molecule has 150 valence electrons. The fraction of sp³-hybridized carbons (Fsp3) is 0.571. The molecule has 2 heterocycles. The molecule has 1 aliphatic heterocycles. The molecule has 1 unspecified atom stereocenters. The van der Waals surface area contributed by atoms with Gasteiger partial charge in [-0.05, 0) is 44.7 Å². The van der Waals surface area contributed by atoms with Crippen LogP contribution in [0, 0.1) is 6.92 Å². The minimum Gasteiger partial charge on any atom is -0.355 e. The Morgan fingerprint density at radius 1 is 1.25 bits per heavy atom. The second-order valence-electron chi connectivity index (χ2n) is 7.81. The largest absolute Gasteiger partial charge is 0.355 e. The SMILES string of the molecule is CN=C(NCC1(Sc2ccccc2)CCCC1)NC1CCCn2nc(C)nc21.